The number of rotatable bonds is 7. The van der Waals surface area contributed by atoms with Gasteiger partial charge in [-0.3, -0.25) is 9.59 Å². The number of aryl methyl sites for hydroxylation is 1. The maximum Gasteiger partial charge on any atom is 0.257 e. The van der Waals surface area contributed by atoms with Gasteiger partial charge in [-0.15, -0.1) is 0 Å². The number of anilines is 1. The Bertz CT molecular complexity index is 1020. The zero-order valence-electron chi connectivity index (χ0n) is 17.0. The first-order valence-corrected chi connectivity index (χ1v) is 9.54. The molecule has 2 N–H and O–H groups in total. The van der Waals surface area contributed by atoms with E-state index in [2.05, 4.69) is 20.7 Å². The zero-order valence-corrected chi connectivity index (χ0v) is 17.0. The molecule has 0 saturated heterocycles. The van der Waals surface area contributed by atoms with E-state index in [0.717, 1.165) is 5.69 Å². The topological polar surface area (TPSA) is 98.1 Å². The van der Waals surface area contributed by atoms with Crippen molar-refractivity contribution < 1.29 is 14.3 Å². The molecule has 152 valence electrons. The summed E-state index contributed by atoms with van der Waals surface area (Å²) in [4.78, 5) is 28.9. The second-order valence-corrected chi connectivity index (χ2v) is 6.95. The molecule has 29 heavy (non-hydrogen) atoms. The highest BCUT2D eigenvalue weighted by Gasteiger charge is 2.17. The highest BCUT2D eigenvalue weighted by atomic mass is 16.5. The molecule has 0 atom stereocenters. The van der Waals surface area contributed by atoms with Crippen molar-refractivity contribution in [3.05, 3.63) is 47.8 Å². The molecule has 0 aliphatic rings. The first-order valence-electron chi connectivity index (χ1n) is 9.54. The molecule has 3 rings (SSSR count). The second-order valence-electron chi connectivity index (χ2n) is 6.95. The van der Waals surface area contributed by atoms with Crippen molar-refractivity contribution in [3.63, 3.8) is 0 Å². The summed E-state index contributed by atoms with van der Waals surface area (Å²) in [5, 5.41) is 10.6. The average Bonchev–Trinajstić information content (AvgIpc) is 3.11. The van der Waals surface area contributed by atoms with Crippen molar-refractivity contribution in [1.29, 1.82) is 0 Å². The van der Waals surface area contributed by atoms with Crippen molar-refractivity contribution in [2.24, 2.45) is 0 Å². The van der Waals surface area contributed by atoms with E-state index in [4.69, 9.17) is 4.74 Å². The summed E-state index contributed by atoms with van der Waals surface area (Å²) in [6.45, 7) is 8.26. The quantitative estimate of drug-likeness (QED) is 0.641. The molecule has 2 aromatic heterocycles. The predicted octanol–water partition coefficient (Wildman–Crippen LogP) is 3.09. The minimum Gasteiger partial charge on any atom is -0.484 e. The molecule has 1 aromatic carbocycles. The molecule has 0 aliphatic heterocycles. The number of carbonyl (C=O) groups is 2. The van der Waals surface area contributed by atoms with Crippen LogP contribution >= 0.6 is 0 Å². The summed E-state index contributed by atoms with van der Waals surface area (Å²) >= 11 is 0. The Balaban J connectivity index is 1.74. The third kappa shape index (κ3) is 4.71. The van der Waals surface area contributed by atoms with Crippen LogP contribution in [0.1, 0.15) is 42.9 Å². The normalized spacial score (nSPS) is 10.9. The number of amides is 2. The van der Waals surface area contributed by atoms with Crippen LogP contribution in [0.15, 0.2) is 36.5 Å². The van der Waals surface area contributed by atoms with Crippen molar-refractivity contribution in [2.75, 3.05) is 18.5 Å². The number of hydrogen-bond acceptors (Lipinski definition) is 5. The molecule has 0 fully saturated rings. The van der Waals surface area contributed by atoms with Gasteiger partial charge in [0.25, 0.3) is 11.8 Å². The fraction of sp³-hybridized carbons (Fsp3) is 0.333. The van der Waals surface area contributed by atoms with Gasteiger partial charge >= 0.3 is 0 Å². The maximum atomic E-state index is 12.9. The standard InChI is InChI=1S/C21H25N5O3/c1-5-22-19(27)12-29-16-8-6-15(7-9-16)25-21(28)17-10-14(4)24-20-18(17)11-23-26(20)13(2)3/h6-11,13H,5,12H2,1-4H3,(H,22,27)(H,25,28). The number of aromatic nitrogens is 3. The Labute approximate surface area is 169 Å². The van der Waals surface area contributed by atoms with Crippen LogP contribution in [-0.2, 0) is 4.79 Å². The van der Waals surface area contributed by atoms with Crippen LogP contribution in [0.3, 0.4) is 0 Å². The predicted molar refractivity (Wildman–Crippen MR) is 111 cm³/mol. The minimum absolute atomic E-state index is 0.0480. The lowest BCUT2D eigenvalue weighted by Gasteiger charge is -2.10. The Morgan fingerprint density at radius 3 is 2.59 bits per heavy atom. The molecule has 0 bridgehead atoms. The van der Waals surface area contributed by atoms with Gasteiger partial charge in [-0.05, 0) is 58.0 Å². The van der Waals surface area contributed by atoms with Crippen molar-refractivity contribution in [1.82, 2.24) is 20.1 Å². The van der Waals surface area contributed by atoms with Crippen LogP contribution in [0.2, 0.25) is 0 Å². The third-order valence-corrected chi connectivity index (χ3v) is 4.28. The molecule has 0 spiro atoms. The van der Waals surface area contributed by atoms with Crippen LogP contribution in [-0.4, -0.2) is 39.7 Å². The second kappa shape index (κ2) is 8.72. The molecule has 2 amide bonds. The molecule has 0 aliphatic carbocycles. The van der Waals surface area contributed by atoms with E-state index in [1.54, 1.807) is 41.2 Å². The van der Waals surface area contributed by atoms with E-state index >= 15 is 0 Å². The van der Waals surface area contributed by atoms with Gasteiger partial charge in [0.15, 0.2) is 12.3 Å². The Morgan fingerprint density at radius 1 is 1.21 bits per heavy atom. The van der Waals surface area contributed by atoms with E-state index in [1.807, 2.05) is 27.7 Å². The van der Waals surface area contributed by atoms with Crippen molar-refractivity contribution in [2.45, 2.75) is 33.7 Å². The van der Waals surface area contributed by atoms with E-state index in [-0.39, 0.29) is 24.5 Å². The monoisotopic (exact) mass is 395 g/mol. The van der Waals surface area contributed by atoms with E-state index < -0.39 is 0 Å². The summed E-state index contributed by atoms with van der Waals surface area (Å²) < 4.78 is 7.22. The molecule has 2 heterocycles. The van der Waals surface area contributed by atoms with Gasteiger partial charge < -0.3 is 15.4 Å². The molecule has 0 radical (unpaired) electrons. The number of hydrogen-bond donors (Lipinski definition) is 2. The average molecular weight is 395 g/mol. The number of fused-ring (bicyclic) bond motifs is 1. The molecular weight excluding hydrogens is 370 g/mol. The van der Waals surface area contributed by atoms with Gasteiger partial charge in [-0.2, -0.15) is 5.10 Å². The van der Waals surface area contributed by atoms with Crippen LogP contribution in [0.25, 0.3) is 11.0 Å². The van der Waals surface area contributed by atoms with Gasteiger partial charge in [0, 0.05) is 24.0 Å². The van der Waals surface area contributed by atoms with Gasteiger partial charge in [0.2, 0.25) is 0 Å². The Morgan fingerprint density at radius 2 is 1.93 bits per heavy atom. The minimum atomic E-state index is -0.236. The first-order chi connectivity index (χ1) is 13.9. The van der Waals surface area contributed by atoms with Crippen LogP contribution in [0, 0.1) is 6.92 Å². The third-order valence-electron chi connectivity index (χ3n) is 4.28. The number of likely N-dealkylation sites (N-methyl/N-ethyl adjacent to an activating group) is 1. The van der Waals surface area contributed by atoms with Crippen LogP contribution < -0.4 is 15.4 Å². The summed E-state index contributed by atoms with van der Waals surface area (Å²) in [5.41, 5.74) is 2.59. The molecule has 8 nitrogen and oxygen atoms in total. The van der Waals surface area contributed by atoms with Gasteiger partial charge in [0.05, 0.1) is 17.1 Å². The molecule has 8 heteroatoms. The molecule has 3 aromatic rings. The smallest absolute Gasteiger partial charge is 0.257 e. The summed E-state index contributed by atoms with van der Waals surface area (Å²) in [7, 11) is 0. The van der Waals surface area contributed by atoms with Crippen LogP contribution in [0.4, 0.5) is 5.69 Å². The summed E-state index contributed by atoms with van der Waals surface area (Å²) in [6, 6.07) is 8.78. The fourth-order valence-electron chi connectivity index (χ4n) is 2.94. The van der Waals surface area contributed by atoms with E-state index in [9.17, 15) is 9.59 Å². The SMILES string of the molecule is CCNC(=O)COc1ccc(NC(=O)c2cc(C)nc3c2cnn3C(C)C)cc1. The van der Waals surface area contributed by atoms with Crippen molar-refractivity contribution >= 4 is 28.5 Å². The zero-order chi connectivity index (χ0) is 21.0. The summed E-state index contributed by atoms with van der Waals surface area (Å²) in [6.07, 6.45) is 1.68. The molecule has 0 saturated carbocycles. The number of benzene rings is 1. The van der Waals surface area contributed by atoms with E-state index in [1.165, 1.54) is 0 Å². The van der Waals surface area contributed by atoms with Gasteiger partial charge in [0.1, 0.15) is 5.75 Å². The number of pyridine rings is 1. The lowest BCUT2D eigenvalue weighted by molar-refractivity contribution is -0.122. The first kappa shape index (κ1) is 20.3. The molecular formula is C21H25N5O3. The fourth-order valence-corrected chi connectivity index (χ4v) is 2.94. The number of nitrogens with one attached hydrogen (secondary N) is 2. The van der Waals surface area contributed by atoms with Gasteiger partial charge in [-0.25, -0.2) is 9.67 Å². The largest absolute Gasteiger partial charge is 0.484 e. The van der Waals surface area contributed by atoms with Crippen molar-refractivity contribution in [3.8, 4) is 5.75 Å². The lowest BCUT2D eigenvalue weighted by atomic mass is 10.1. The Kier molecular flexibility index (Phi) is 6.11. The maximum absolute atomic E-state index is 12.9. The highest BCUT2D eigenvalue weighted by molar-refractivity contribution is 6.12. The number of nitrogens with zero attached hydrogens (tertiary/aromatic N) is 3. The van der Waals surface area contributed by atoms with E-state index in [0.29, 0.717) is 34.6 Å². The number of carbonyl (C=O) groups excluding carboxylic acids is 2. The molecule has 0 unspecified atom stereocenters. The lowest BCUT2D eigenvalue weighted by Crippen LogP contribution is -2.28. The summed E-state index contributed by atoms with van der Waals surface area (Å²) in [5.74, 6) is 0.137. The highest BCUT2D eigenvalue weighted by Crippen LogP contribution is 2.23. The number of ether oxygens (including phenoxy) is 1. The van der Waals surface area contributed by atoms with Gasteiger partial charge in [-0.1, -0.05) is 0 Å². The Hall–Kier alpha value is -3.42. The van der Waals surface area contributed by atoms with Crippen LogP contribution in [0.5, 0.6) is 5.75 Å².